The largest absolute Gasteiger partial charge is 0.504 e. The molecule has 0 fully saturated rings. The number of aromatic hydroxyl groups is 1. The highest BCUT2D eigenvalue weighted by Gasteiger charge is 2.17. The molecule has 0 aromatic heterocycles. The molecule has 0 amide bonds. The summed E-state index contributed by atoms with van der Waals surface area (Å²) in [5.41, 5.74) is 0.668. The van der Waals surface area contributed by atoms with E-state index in [-0.39, 0.29) is 18.3 Å². The first-order valence-corrected chi connectivity index (χ1v) is 6.35. The predicted molar refractivity (Wildman–Crippen MR) is 72.5 cm³/mol. The minimum Gasteiger partial charge on any atom is -0.504 e. The van der Waals surface area contributed by atoms with E-state index >= 15 is 0 Å². The van der Waals surface area contributed by atoms with Gasteiger partial charge in [-0.1, -0.05) is 12.1 Å². The van der Waals surface area contributed by atoms with Gasteiger partial charge in [-0.05, 0) is 26.8 Å². The second-order valence-corrected chi connectivity index (χ2v) is 4.59. The Balaban J connectivity index is 2.90. The minimum atomic E-state index is -0.880. The number of carbonyl (C=O) groups is 1. The first kappa shape index (κ1) is 15.3. The Morgan fingerprint density at radius 3 is 2.63 bits per heavy atom. The van der Waals surface area contributed by atoms with Gasteiger partial charge in [0.2, 0.25) is 0 Å². The molecule has 0 saturated heterocycles. The van der Waals surface area contributed by atoms with Gasteiger partial charge in [-0.2, -0.15) is 0 Å². The molecule has 0 spiro atoms. The predicted octanol–water partition coefficient (Wildman–Crippen LogP) is 2.09. The summed E-state index contributed by atoms with van der Waals surface area (Å²) in [6, 6.07) is 5.33. The third-order valence-electron chi connectivity index (χ3n) is 2.82. The molecule has 0 saturated carbocycles. The average molecular weight is 267 g/mol. The normalized spacial score (nSPS) is 11.0. The van der Waals surface area contributed by atoms with Gasteiger partial charge >= 0.3 is 5.97 Å². The number of rotatable bonds is 7. The zero-order valence-electron chi connectivity index (χ0n) is 11.6. The number of nitrogens with zero attached hydrogens (tertiary/aromatic N) is 1. The Morgan fingerprint density at radius 2 is 2.11 bits per heavy atom. The summed E-state index contributed by atoms with van der Waals surface area (Å²) >= 11 is 0. The number of phenols is 1. The van der Waals surface area contributed by atoms with E-state index in [2.05, 4.69) is 0 Å². The van der Waals surface area contributed by atoms with E-state index < -0.39 is 5.97 Å². The number of hydrogen-bond donors (Lipinski definition) is 2. The zero-order chi connectivity index (χ0) is 14.4. The van der Waals surface area contributed by atoms with Crippen molar-refractivity contribution in [1.82, 2.24) is 4.90 Å². The molecule has 0 heterocycles. The van der Waals surface area contributed by atoms with Crippen molar-refractivity contribution in [1.29, 1.82) is 0 Å². The molecule has 0 unspecified atom stereocenters. The molecule has 0 atom stereocenters. The molecule has 1 rings (SSSR count). The quantitative estimate of drug-likeness (QED) is 0.791. The summed E-state index contributed by atoms with van der Waals surface area (Å²) in [6.07, 6.45) is 0. The van der Waals surface area contributed by atoms with Crippen LogP contribution in [0, 0.1) is 0 Å². The van der Waals surface area contributed by atoms with Gasteiger partial charge in [0.15, 0.2) is 11.5 Å². The van der Waals surface area contributed by atoms with Crippen LogP contribution in [-0.4, -0.2) is 40.3 Å². The fourth-order valence-corrected chi connectivity index (χ4v) is 1.78. The van der Waals surface area contributed by atoms with Gasteiger partial charge < -0.3 is 14.9 Å². The van der Waals surface area contributed by atoms with E-state index in [0.717, 1.165) is 0 Å². The van der Waals surface area contributed by atoms with Gasteiger partial charge in [0, 0.05) is 18.2 Å². The maximum Gasteiger partial charge on any atom is 0.317 e. The van der Waals surface area contributed by atoms with Crippen molar-refractivity contribution >= 4 is 5.97 Å². The van der Waals surface area contributed by atoms with E-state index in [1.807, 2.05) is 20.8 Å². The van der Waals surface area contributed by atoms with Gasteiger partial charge in [0.05, 0.1) is 13.2 Å². The van der Waals surface area contributed by atoms with Crippen LogP contribution in [0.4, 0.5) is 0 Å². The van der Waals surface area contributed by atoms with Gasteiger partial charge in [-0.25, -0.2) is 0 Å². The SMILES string of the molecule is CCOc1cccc(CN(CC(=O)O)C(C)C)c1O. The number of benzene rings is 1. The number of hydrogen-bond acceptors (Lipinski definition) is 4. The smallest absolute Gasteiger partial charge is 0.317 e. The highest BCUT2D eigenvalue weighted by Crippen LogP contribution is 2.30. The molecule has 5 nitrogen and oxygen atoms in total. The maximum atomic E-state index is 10.8. The van der Waals surface area contributed by atoms with Crippen molar-refractivity contribution in [3.63, 3.8) is 0 Å². The van der Waals surface area contributed by atoms with Crippen LogP contribution in [0.2, 0.25) is 0 Å². The molecule has 0 aliphatic carbocycles. The van der Waals surface area contributed by atoms with Gasteiger partial charge in [-0.3, -0.25) is 9.69 Å². The Labute approximate surface area is 113 Å². The second kappa shape index (κ2) is 6.99. The third-order valence-corrected chi connectivity index (χ3v) is 2.82. The monoisotopic (exact) mass is 267 g/mol. The van der Waals surface area contributed by atoms with Crippen molar-refractivity contribution in [2.24, 2.45) is 0 Å². The fraction of sp³-hybridized carbons (Fsp3) is 0.500. The lowest BCUT2D eigenvalue weighted by Crippen LogP contribution is -2.35. The lowest BCUT2D eigenvalue weighted by Gasteiger charge is -2.25. The van der Waals surface area contributed by atoms with Crippen LogP contribution in [0.3, 0.4) is 0 Å². The first-order valence-electron chi connectivity index (χ1n) is 6.35. The third kappa shape index (κ3) is 4.44. The highest BCUT2D eigenvalue weighted by molar-refractivity contribution is 5.69. The van der Waals surface area contributed by atoms with Crippen molar-refractivity contribution in [2.75, 3.05) is 13.2 Å². The molecular weight excluding hydrogens is 246 g/mol. The summed E-state index contributed by atoms with van der Waals surface area (Å²) in [5.74, 6) is -0.367. The Kier molecular flexibility index (Phi) is 5.63. The van der Waals surface area contributed by atoms with Crippen molar-refractivity contribution in [3.05, 3.63) is 23.8 Å². The molecule has 19 heavy (non-hydrogen) atoms. The second-order valence-electron chi connectivity index (χ2n) is 4.59. The number of phenolic OH excluding ortho intramolecular Hbond substituents is 1. The molecule has 5 heteroatoms. The molecule has 2 N–H and O–H groups in total. The van der Waals surface area contributed by atoms with Crippen LogP contribution in [0.25, 0.3) is 0 Å². The molecule has 0 radical (unpaired) electrons. The molecular formula is C14H21NO4. The molecule has 106 valence electrons. The molecule has 0 bridgehead atoms. The number of para-hydroxylation sites is 1. The molecule has 0 aliphatic heterocycles. The number of carboxylic acid groups (broad SMARTS) is 1. The van der Waals surface area contributed by atoms with Crippen molar-refractivity contribution in [2.45, 2.75) is 33.4 Å². The van der Waals surface area contributed by atoms with Gasteiger partial charge in [-0.15, -0.1) is 0 Å². The Bertz CT molecular complexity index is 431. The van der Waals surface area contributed by atoms with Crippen LogP contribution in [0.15, 0.2) is 18.2 Å². The van der Waals surface area contributed by atoms with E-state index in [0.29, 0.717) is 24.5 Å². The van der Waals surface area contributed by atoms with Crippen LogP contribution >= 0.6 is 0 Å². The lowest BCUT2D eigenvalue weighted by molar-refractivity contribution is -0.138. The van der Waals surface area contributed by atoms with E-state index in [4.69, 9.17) is 9.84 Å². The standard InChI is InChI=1S/C14H21NO4/c1-4-19-12-7-5-6-11(14(12)18)8-15(10(2)3)9-13(16)17/h5-7,10,18H,4,8-9H2,1-3H3,(H,16,17). The number of aliphatic carboxylic acids is 1. The molecule has 1 aromatic carbocycles. The summed E-state index contributed by atoms with van der Waals surface area (Å²) in [7, 11) is 0. The average Bonchev–Trinajstić information content (AvgIpc) is 2.32. The molecule has 1 aromatic rings. The van der Waals surface area contributed by atoms with Crippen molar-refractivity contribution < 1.29 is 19.7 Å². The first-order chi connectivity index (χ1) is 8.95. The lowest BCUT2D eigenvalue weighted by atomic mass is 10.1. The summed E-state index contributed by atoms with van der Waals surface area (Å²) < 4.78 is 5.32. The van der Waals surface area contributed by atoms with Gasteiger partial charge in [0.25, 0.3) is 0 Å². The van der Waals surface area contributed by atoms with Crippen LogP contribution in [-0.2, 0) is 11.3 Å². The van der Waals surface area contributed by atoms with Gasteiger partial charge in [0.1, 0.15) is 0 Å². The topological polar surface area (TPSA) is 70.0 Å². The zero-order valence-corrected chi connectivity index (χ0v) is 11.6. The fourth-order valence-electron chi connectivity index (χ4n) is 1.78. The molecule has 0 aliphatic rings. The van der Waals surface area contributed by atoms with E-state index in [1.54, 1.807) is 23.1 Å². The van der Waals surface area contributed by atoms with Crippen LogP contribution in [0.5, 0.6) is 11.5 Å². The van der Waals surface area contributed by atoms with Crippen molar-refractivity contribution in [3.8, 4) is 11.5 Å². The number of ether oxygens (including phenoxy) is 1. The number of carboxylic acids is 1. The minimum absolute atomic E-state index is 0.0596. The van der Waals surface area contributed by atoms with Crippen LogP contribution in [0.1, 0.15) is 26.3 Å². The summed E-state index contributed by atoms with van der Waals surface area (Å²) in [4.78, 5) is 12.6. The highest BCUT2D eigenvalue weighted by atomic mass is 16.5. The van der Waals surface area contributed by atoms with E-state index in [1.165, 1.54) is 0 Å². The Morgan fingerprint density at radius 1 is 1.42 bits per heavy atom. The summed E-state index contributed by atoms with van der Waals surface area (Å²) in [5, 5.41) is 19.0. The van der Waals surface area contributed by atoms with Crippen LogP contribution < -0.4 is 4.74 Å². The maximum absolute atomic E-state index is 10.8. The summed E-state index contributed by atoms with van der Waals surface area (Å²) in [6.45, 7) is 6.47. The van der Waals surface area contributed by atoms with E-state index in [9.17, 15) is 9.90 Å². The Hall–Kier alpha value is -1.75.